The van der Waals surface area contributed by atoms with Crippen LogP contribution in [0.5, 0.6) is 11.5 Å². The summed E-state index contributed by atoms with van der Waals surface area (Å²) in [6.07, 6.45) is 1.84. The first-order valence-electron chi connectivity index (χ1n) is 5.45. The maximum Gasteiger partial charge on any atom is 0.340 e. The highest BCUT2D eigenvalue weighted by Crippen LogP contribution is 2.32. The van der Waals surface area contributed by atoms with Crippen molar-refractivity contribution in [3.63, 3.8) is 0 Å². The fraction of sp³-hybridized carbons (Fsp3) is 0.0714. The fourth-order valence-electron chi connectivity index (χ4n) is 1.63. The van der Waals surface area contributed by atoms with Crippen molar-refractivity contribution in [3.05, 3.63) is 51.6 Å². The second-order valence-electron chi connectivity index (χ2n) is 3.70. The van der Waals surface area contributed by atoms with Crippen molar-refractivity contribution in [2.75, 3.05) is 6.26 Å². The van der Waals surface area contributed by atoms with Gasteiger partial charge >= 0.3 is 5.97 Å². The zero-order chi connectivity index (χ0) is 13.8. The number of hydrogen-bond acceptors (Lipinski definition) is 3. The molecule has 0 aromatic heterocycles. The quantitative estimate of drug-likeness (QED) is 0.621. The Labute approximate surface area is 129 Å². The van der Waals surface area contributed by atoms with Crippen LogP contribution in [0.3, 0.4) is 0 Å². The molecule has 5 heteroatoms. The summed E-state index contributed by atoms with van der Waals surface area (Å²) in [5.41, 5.74) is 0.203. The molecule has 0 radical (unpaired) electrons. The number of carbonyl (C=O) groups is 1. The molecule has 3 nitrogen and oxygen atoms in total. The average molecular weight is 386 g/mol. The number of thioether (sulfide) groups is 1. The lowest BCUT2D eigenvalue weighted by Gasteiger charge is -2.11. The molecule has 0 bridgehead atoms. The second kappa shape index (κ2) is 6.29. The molecule has 0 saturated heterocycles. The number of hydrogen-bond donors (Lipinski definition) is 1. The molecule has 1 N–H and O–H groups in total. The van der Waals surface area contributed by atoms with E-state index in [1.807, 2.05) is 24.5 Å². The van der Waals surface area contributed by atoms with Gasteiger partial charge in [-0.25, -0.2) is 4.79 Å². The molecule has 0 atom stereocenters. The summed E-state index contributed by atoms with van der Waals surface area (Å²) in [5.74, 6) is 0.0135. The van der Waals surface area contributed by atoms with Gasteiger partial charge in [0.15, 0.2) is 0 Å². The Balaban J connectivity index is 2.42. The Bertz CT molecular complexity index is 613. The van der Waals surface area contributed by atoms with E-state index in [-0.39, 0.29) is 5.56 Å². The number of carboxylic acid groups (broad SMARTS) is 1. The average Bonchev–Trinajstić information content (AvgIpc) is 2.38. The van der Waals surface area contributed by atoms with Crippen LogP contribution in [0, 0.1) is 3.57 Å². The SMILES string of the molecule is CSc1cccc(Oc2cccc(I)c2)c1C(=O)O. The molecule has 0 aliphatic rings. The number of rotatable bonds is 4. The molecule has 0 amide bonds. The van der Waals surface area contributed by atoms with Crippen molar-refractivity contribution in [1.82, 2.24) is 0 Å². The molecule has 0 unspecified atom stereocenters. The molecule has 98 valence electrons. The third kappa shape index (κ3) is 3.42. The molecular weight excluding hydrogens is 375 g/mol. The largest absolute Gasteiger partial charge is 0.478 e. The third-order valence-electron chi connectivity index (χ3n) is 2.45. The van der Waals surface area contributed by atoms with Crippen LogP contribution in [0.25, 0.3) is 0 Å². The highest BCUT2D eigenvalue weighted by atomic mass is 127. The van der Waals surface area contributed by atoms with Crippen LogP contribution in [0.15, 0.2) is 47.4 Å². The molecule has 0 spiro atoms. The normalized spacial score (nSPS) is 10.2. The van der Waals surface area contributed by atoms with Crippen LogP contribution in [0.4, 0.5) is 0 Å². The van der Waals surface area contributed by atoms with E-state index in [0.717, 1.165) is 3.57 Å². The standard InChI is InChI=1S/C14H11IO3S/c1-19-12-7-3-6-11(13(12)14(16)17)18-10-5-2-4-9(15)8-10/h2-8H,1H3,(H,16,17). The minimum Gasteiger partial charge on any atom is -0.478 e. The minimum absolute atomic E-state index is 0.203. The predicted octanol–water partition coefficient (Wildman–Crippen LogP) is 4.50. The lowest BCUT2D eigenvalue weighted by molar-refractivity contribution is 0.0690. The topological polar surface area (TPSA) is 46.5 Å². The van der Waals surface area contributed by atoms with Crippen LogP contribution < -0.4 is 4.74 Å². The van der Waals surface area contributed by atoms with Crippen molar-refractivity contribution >= 4 is 40.3 Å². The summed E-state index contributed by atoms with van der Waals surface area (Å²) in [6.45, 7) is 0. The number of benzene rings is 2. The van der Waals surface area contributed by atoms with Crippen molar-refractivity contribution in [3.8, 4) is 11.5 Å². The minimum atomic E-state index is -0.981. The summed E-state index contributed by atoms with van der Waals surface area (Å²) in [7, 11) is 0. The smallest absolute Gasteiger partial charge is 0.340 e. The van der Waals surface area contributed by atoms with E-state index < -0.39 is 5.97 Å². The van der Waals surface area contributed by atoms with E-state index in [9.17, 15) is 9.90 Å². The third-order valence-corrected chi connectivity index (χ3v) is 3.90. The molecule has 0 saturated carbocycles. The Hall–Kier alpha value is -1.21. The predicted molar refractivity (Wildman–Crippen MR) is 84.4 cm³/mol. The van der Waals surface area contributed by atoms with Crippen molar-refractivity contribution in [2.24, 2.45) is 0 Å². The maximum atomic E-state index is 11.4. The van der Waals surface area contributed by atoms with Gasteiger partial charge < -0.3 is 9.84 Å². The van der Waals surface area contributed by atoms with Crippen LogP contribution in [-0.2, 0) is 0 Å². The van der Waals surface area contributed by atoms with Crippen LogP contribution in [-0.4, -0.2) is 17.3 Å². The van der Waals surface area contributed by atoms with Gasteiger partial charge in [-0.05, 0) is 59.2 Å². The van der Waals surface area contributed by atoms with Gasteiger partial charge in [-0.1, -0.05) is 12.1 Å². The van der Waals surface area contributed by atoms with E-state index >= 15 is 0 Å². The van der Waals surface area contributed by atoms with E-state index in [2.05, 4.69) is 22.6 Å². The van der Waals surface area contributed by atoms with E-state index in [0.29, 0.717) is 16.4 Å². The zero-order valence-corrected chi connectivity index (χ0v) is 13.1. The van der Waals surface area contributed by atoms with E-state index in [4.69, 9.17) is 4.74 Å². The Morgan fingerprint density at radius 2 is 2.00 bits per heavy atom. The number of ether oxygens (including phenoxy) is 1. The van der Waals surface area contributed by atoms with Crippen molar-refractivity contribution < 1.29 is 14.6 Å². The van der Waals surface area contributed by atoms with Crippen molar-refractivity contribution in [1.29, 1.82) is 0 Å². The van der Waals surface area contributed by atoms with Gasteiger partial charge in [0.25, 0.3) is 0 Å². The summed E-state index contributed by atoms with van der Waals surface area (Å²) in [4.78, 5) is 12.1. The second-order valence-corrected chi connectivity index (χ2v) is 5.79. The summed E-state index contributed by atoms with van der Waals surface area (Å²) in [6, 6.07) is 12.7. The van der Waals surface area contributed by atoms with Crippen molar-refractivity contribution in [2.45, 2.75) is 4.90 Å². The van der Waals surface area contributed by atoms with Crippen LogP contribution in [0.1, 0.15) is 10.4 Å². The molecule has 0 aliphatic heterocycles. The van der Waals surface area contributed by atoms with Crippen LogP contribution in [0.2, 0.25) is 0 Å². The van der Waals surface area contributed by atoms with E-state index in [1.165, 1.54) is 11.8 Å². The van der Waals surface area contributed by atoms with Gasteiger partial charge in [-0.15, -0.1) is 11.8 Å². The maximum absolute atomic E-state index is 11.4. The number of carboxylic acids is 1. The fourth-order valence-corrected chi connectivity index (χ4v) is 2.76. The summed E-state index contributed by atoms with van der Waals surface area (Å²) < 4.78 is 6.73. The van der Waals surface area contributed by atoms with Gasteiger partial charge in [-0.2, -0.15) is 0 Å². The highest BCUT2D eigenvalue weighted by molar-refractivity contribution is 14.1. The molecule has 19 heavy (non-hydrogen) atoms. The Kier molecular flexibility index (Phi) is 4.71. The number of halogens is 1. The lowest BCUT2D eigenvalue weighted by Crippen LogP contribution is -2.02. The van der Waals surface area contributed by atoms with Gasteiger partial charge in [0.2, 0.25) is 0 Å². The first-order chi connectivity index (χ1) is 9.11. The zero-order valence-electron chi connectivity index (χ0n) is 10.1. The molecule has 0 fully saturated rings. The summed E-state index contributed by atoms with van der Waals surface area (Å²) >= 11 is 3.57. The van der Waals surface area contributed by atoms with Crippen LogP contribution >= 0.6 is 34.4 Å². The molecular formula is C14H11IO3S. The molecule has 2 rings (SSSR count). The lowest BCUT2D eigenvalue weighted by atomic mass is 10.2. The monoisotopic (exact) mass is 386 g/mol. The molecule has 0 heterocycles. The van der Waals surface area contributed by atoms with Gasteiger partial charge in [0, 0.05) is 8.47 Å². The highest BCUT2D eigenvalue weighted by Gasteiger charge is 2.16. The van der Waals surface area contributed by atoms with Gasteiger partial charge in [-0.3, -0.25) is 0 Å². The molecule has 2 aromatic carbocycles. The Morgan fingerprint density at radius 1 is 1.26 bits per heavy atom. The van der Waals surface area contributed by atoms with E-state index in [1.54, 1.807) is 24.3 Å². The van der Waals surface area contributed by atoms with Gasteiger partial charge in [0.1, 0.15) is 17.1 Å². The Morgan fingerprint density at radius 3 is 2.63 bits per heavy atom. The number of aromatic carboxylic acids is 1. The molecule has 2 aromatic rings. The van der Waals surface area contributed by atoms with Gasteiger partial charge in [0.05, 0.1) is 0 Å². The first-order valence-corrected chi connectivity index (χ1v) is 7.76. The first kappa shape index (κ1) is 14.2. The molecule has 0 aliphatic carbocycles. The summed E-state index contributed by atoms with van der Waals surface area (Å²) in [5, 5.41) is 9.32.